The molecule has 0 radical (unpaired) electrons. The molecular weight excluding hydrogens is 272 g/mol. The lowest BCUT2D eigenvalue weighted by Crippen LogP contribution is -2.61. The molecule has 3 N–H and O–H groups in total. The number of nitrogens with zero attached hydrogens (tertiary/aromatic N) is 1. The Kier molecular flexibility index (Phi) is 5.08. The molecule has 0 aromatic carbocycles. The Bertz CT molecular complexity index is 387. The van der Waals surface area contributed by atoms with E-state index in [9.17, 15) is 14.7 Å². The van der Waals surface area contributed by atoms with E-state index in [1.807, 2.05) is 0 Å². The number of urea groups is 1. The zero-order valence-electron chi connectivity index (χ0n) is 12.7. The fraction of sp³-hybridized carbons (Fsp3) is 0.867. The number of rotatable bonds is 5. The number of carbonyl (C=O) groups excluding carboxylic acids is 1. The summed E-state index contributed by atoms with van der Waals surface area (Å²) < 4.78 is 0. The minimum absolute atomic E-state index is 0.0962. The quantitative estimate of drug-likeness (QED) is 0.719. The molecule has 0 heterocycles. The Labute approximate surface area is 125 Å². The Morgan fingerprint density at radius 1 is 1.24 bits per heavy atom. The molecule has 2 aliphatic carbocycles. The third-order valence-corrected chi connectivity index (χ3v) is 5.00. The second-order valence-electron chi connectivity index (χ2n) is 6.50. The van der Waals surface area contributed by atoms with Crippen molar-refractivity contribution in [3.8, 4) is 0 Å². The van der Waals surface area contributed by atoms with Gasteiger partial charge in [-0.3, -0.25) is 0 Å². The van der Waals surface area contributed by atoms with Gasteiger partial charge in [0.15, 0.2) is 0 Å². The highest BCUT2D eigenvalue weighted by Gasteiger charge is 2.44. The molecule has 2 aliphatic rings. The summed E-state index contributed by atoms with van der Waals surface area (Å²) in [6, 6.07) is -0.198. The van der Waals surface area contributed by atoms with Gasteiger partial charge in [-0.2, -0.15) is 0 Å². The molecule has 0 aromatic rings. The predicted octanol–water partition coefficient (Wildman–Crippen LogP) is 1.58. The summed E-state index contributed by atoms with van der Waals surface area (Å²) in [5.74, 6) is -0.435. The topological polar surface area (TPSA) is 89.9 Å². The average molecular weight is 298 g/mol. The lowest BCUT2D eigenvalue weighted by atomic mass is 9.77. The van der Waals surface area contributed by atoms with Gasteiger partial charge in [0.05, 0.1) is 6.61 Å². The largest absolute Gasteiger partial charge is 0.480 e. The molecule has 6 nitrogen and oxygen atoms in total. The van der Waals surface area contributed by atoms with Gasteiger partial charge >= 0.3 is 12.0 Å². The van der Waals surface area contributed by atoms with Crippen molar-refractivity contribution in [3.63, 3.8) is 0 Å². The number of aliphatic hydroxyl groups is 1. The van der Waals surface area contributed by atoms with Crippen LogP contribution in [-0.2, 0) is 4.79 Å². The minimum atomic E-state index is -1.14. The van der Waals surface area contributed by atoms with E-state index in [0.717, 1.165) is 32.1 Å². The molecule has 21 heavy (non-hydrogen) atoms. The highest BCUT2D eigenvalue weighted by atomic mass is 16.4. The summed E-state index contributed by atoms with van der Waals surface area (Å²) in [6.07, 6.45) is 5.54. The Hall–Kier alpha value is -1.30. The van der Waals surface area contributed by atoms with Crippen molar-refractivity contribution in [1.82, 2.24) is 10.2 Å². The second-order valence-corrected chi connectivity index (χ2v) is 6.50. The number of hydrogen-bond acceptors (Lipinski definition) is 3. The van der Waals surface area contributed by atoms with Gasteiger partial charge in [0.2, 0.25) is 0 Å². The number of carbonyl (C=O) groups is 2. The lowest BCUT2D eigenvalue weighted by Gasteiger charge is -2.41. The summed E-state index contributed by atoms with van der Waals surface area (Å²) in [7, 11) is 0. The summed E-state index contributed by atoms with van der Waals surface area (Å²) in [5.41, 5.74) is -1.14. The number of carboxylic acids is 1. The first-order valence-corrected chi connectivity index (χ1v) is 7.91. The van der Waals surface area contributed by atoms with Crippen molar-refractivity contribution in [2.24, 2.45) is 5.92 Å². The van der Waals surface area contributed by atoms with Crippen LogP contribution in [0, 0.1) is 5.92 Å². The molecule has 0 saturated heterocycles. The molecule has 6 heteroatoms. The smallest absolute Gasteiger partial charge is 0.329 e. The van der Waals surface area contributed by atoms with Crippen molar-refractivity contribution >= 4 is 12.0 Å². The van der Waals surface area contributed by atoms with Crippen LogP contribution in [0.2, 0.25) is 0 Å². The monoisotopic (exact) mass is 298 g/mol. The van der Waals surface area contributed by atoms with Crippen LogP contribution >= 0.6 is 0 Å². The maximum atomic E-state index is 12.5. The fourth-order valence-corrected chi connectivity index (χ4v) is 3.18. The van der Waals surface area contributed by atoms with E-state index in [4.69, 9.17) is 5.11 Å². The van der Waals surface area contributed by atoms with Crippen LogP contribution < -0.4 is 5.32 Å². The number of aliphatic carboxylic acids is 1. The molecule has 2 saturated carbocycles. The van der Waals surface area contributed by atoms with Gasteiger partial charge in [0, 0.05) is 12.6 Å². The third kappa shape index (κ3) is 3.48. The van der Waals surface area contributed by atoms with E-state index in [1.54, 1.807) is 4.90 Å². The second kappa shape index (κ2) is 6.64. The van der Waals surface area contributed by atoms with Gasteiger partial charge in [0.1, 0.15) is 5.54 Å². The number of hydrogen-bond donors (Lipinski definition) is 3. The average Bonchev–Trinajstić information content (AvgIpc) is 2.39. The standard InChI is InChI=1S/C15H26N2O4/c1-11-5-7-15(8-6-11,13(19)20)16-14(21)17(9-10-18)12-3-2-4-12/h11-12,18H,2-10H2,1H3,(H,16,21)(H,19,20). The van der Waals surface area contributed by atoms with E-state index in [-0.39, 0.29) is 25.2 Å². The number of carboxylic acid groups (broad SMARTS) is 1. The highest BCUT2D eigenvalue weighted by molar-refractivity contribution is 5.86. The van der Waals surface area contributed by atoms with Crippen molar-refractivity contribution in [2.75, 3.05) is 13.2 Å². The molecule has 0 unspecified atom stereocenters. The van der Waals surface area contributed by atoms with Gasteiger partial charge in [-0.15, -0.1) is 0 Å². The number of nitrogens with one attached hydrogen (secondary N) is 1. The zero-order valence-corrected chi connectivity index (χ0v) is 12.7. The van der Waals surface area contributed by atoms with Gasteiger partial charge in [0.25, 0.3) is 0 Å². The fourth-order valence-electron chi connectivity index (χ4n) is 3.18. The maximum Gasteiger partial charge on any atom is 0.329 e. The SMILES string of the molecule is CC1CCC(NC(=O)N(CCO)C2CCC2)(C(=O)O)CC1. The summed E-state index contributed by atoms with van der Waals surface area (Å²) in [4.78, 5) is 25.7. The van der Waals surface area contributed by atoms with Gasteiger partial charge < -0.3 is 20.4 Å². The first-order valence-electron chi connectivity index (χ1n) is 7.91. The summed E-state index contributed by atoms with van der Waals surface area (Å²) in [6.45, 7) is 2.28. The van der Waals surface area contributed by atoms with Crippen LogP contribution in [0.4, 0.5) is 4.79 Å². The van der Waals surface area contributed by atoms with E-state index in [2.05, 4.69) is 12.2 Å². The number of aliphatic hydroxyl groups excluding tert-OH is 1. The van der Waals surface area contributed by atoms with Crippen molar-refractivity contribution < 1.29 is 19.8 Å². The van der Waals surface area contributed by atoms with Crippen LogP contribution in [0.5, 0.6) is 0 Å². The zero-order chi connectivity index (χ0) is 15.5. The minimum Gasteiger partial charge on any atom is -0.480 e. The van der Waals surface area contributed by atoms with Crippen molar-refractivity contribution in [3.05, 3.63) is 0 Å². The Balaban J connectivity index is 2.04. The lowest BCUT2D eigenvalue weighted by molar-refractivity contribution is -0.146. The summed E-state index contributed by atoms with van der Waals surface area (Å²) in [5, 5.41) is 21.5. The normalized spacial score (nSPS) is 29.5. The van der Waals surface area contributed by atoms with Crippen LogP contribution in [0.1, 0.15) is 51.9 Å². The van der Waals surface area contributed by atoms with Gasteiger partial charge in [-0.1, -0.05) is 6.92 Å². The molecular formula is C15H26N2O4. The molecule has 0 atom stereocenters. The van der Waals surface area contributed by atoms with Gasteiger partial charge in [-0.25, -0.2) is 9.59 Å². The molecule has 2 rings (SSSR count). The Morgan fingerprint density at radius 3 is 2.29 bits per heavy atom. The number of amides is 2. The molecule has 2 fully saturated rings. The van der Waals surface area contributed by atoms with Crippen LogP contribution in [0.25, 0.3) is 0 Å². The van der Waals surface area contributed by atoms with Gasteiger partial charge in [-0.05, 0) is 50.9 Å². The van der Waals surface area contributed by atoms with Crippen molar-refractivity contribution in [2.45, 2.75) is 63.5 Å². The molecule has 2 amide bonds. The molecule has 0 aliphatic heterocycles. The third-order valence-electron chi connectivity index (χ3n) is 5.00. The molecule has 0 spiro atoms. The molecule has 0 bridgehead atoms. The van der Waals surface area contributed by atoms with E-state index in [1.165, 1.54) is 0 Å². The van der Waals surface area contributed by atoms with Crippen LogP contribution in [0.3, 0.4) is 0 Å². The first-order chi connectivity index (χ1) is 9.98. The van der Waals surface area contributed by atoms with E-state index in [0.29, 0.717) is 18.8 Å². The van der Waals surface area contributed by atoms with Crippen LogP contribution in [0.15, 0.2) is 0 Å². The van der Waals surface area contributed by atoms with E-state index < -0.39 is 11.5 Å². The van der Waals surface area contributed by atoms with E-state index >= 15 is 0 Å². The van der Waals surface area contributed by atoms with Crippen molar-refractivity contribution in [1.29, 1.82) is 0 Å². The Morgan fingerprint density at radius 2 is 1.86 bits per heavy atom. The molecule has 0 aromatic heterocycles. The maximum absolute atomic E-state index is 12.5. The van der Waals surface area contributed by atoms with Crippen LogP contribution in [-0.4, -0.2) is 51.8 Å². The predicted molar refractivity (Wildman–Crippen MR) is 78.0 cm³/mol. The molecule has 120 valence electrons. The highest BCUT2D eigenvalue weighted by Crippen LogP contribution is 2.33. The summed E-state index contributed by atoms with van der Waals surface area (Å²) >= 11 is 0. The first kappa shape index (κ1) is 16.1.